The fourth-order valence-electron chi connectivity index (χ4n) is 0.441. The van der Waals surface area contributed by atoms with Crippen molar-refractivity contribution < 1.29 is 0 Å². The number of nitrogens with one attached hydrogen (secondary N) is 2. The maximum absolute atomic E-state index is 6.96. The molecule has 6 nitrogen and oxygen atoms in total. The van der Waals surface area contributed by atoms with Crippen LogP contribution in [0.1, 0.15) is 10.0 Å². The summed E-state index contributed by atoms with van der Waals surface area (Å²) in [5, 5.41) is 21.6. The molecule has 0 aliphatic heterocycles. The fourth-order valence-corrected chi connectivity index (χ4v) is 1.01. The van der Waals surface area contributed by atoms with Gasteiger partial charge in [0, 0.05) is 0 Å². The van der Waals surface area contributed by atoms with Crippen molar-refractivity contribution in [3.63, 3.8) is 0 Å². The Bertz CT molecular complexity index is 273. The molecule has 7 heteroatoms. The monoisotopic (exact) mass is 170 g/mol. The number of nitrogens with two attached hydrogens (primary N) is 2. The van der Waals surface area contributed by atoms with Gasteiger partial charge in [-0.2, -0.15) is 0 Å². The van der Waals surface area contributed by atoms with E-state index < -0.39 is 0 Å². The molecule has 1 aromatic rings. The number of hydrogen-bond donors (Lipinski definition) is 4. The van der Waals surface area contributed by atoms with Crippen LogP contribution < -0.4 is 11.5 Å². The first kappa shape index (κ1) is 7.61. The molecular weight excluding hydrogens is 164 g/mol. The van der Waals surface area contributed by atoms with E-state index >= 15 is 0 Å². The molecule has 0 saturated heterocycles. The van der Waals surface area contributed by atoms with Gasteiger partial charge in [0.05, 0.1) is 0 Å². The van der Waals surface area contributed by atoms with Gasteiger partial charge >= 0.3 is 0 Å². The van der Waals surface area contributed by atoms with Gasteiger partial charge in [-0.05, 0) is 0 Å². The van der Waals surface area contributed by atoms with Crippen LogP contribution in [-0.4, -0.2) is 21.9 Å². The van der Waals surface area contributed by atoms with E-state index in [-0.39, 0.29) is 21.7 Å². The van der Waals surface area contributed by atoms with Crippen molar-refractivity contribution in [2.75, 3.05) is 0 Å². The van der Waals surface area contributed by atoms with E-state index in [1.54, 1.807) is 0 Å². The van der Waals surface area contributed by atoms with Crippen molar-refractivity contribution in [2.24, 2.45) is 11.5 Å². The summed E-state index contributed by atoms with van der Waals surface area (Å²) in [4.78, 5) is 0. The first-order valence-electron chi connectivity index (χ1n) is 2.63. The van der Waals surface area contributed by atoms with Crippen molar-refractivity contribution in [3.8, 4) is 0 Å². The highest BCUT2D eigenvalue weighted by atomic mass is 32.1. The fraction of sp³-hybridized carbons (Fsp3) is 0. The second kappa shape index (κ2) is 2.62. The molecule has 0 fully saturated rings. The lowest BCUT2D eigenvalue weighted by Gasteiger charge is -1.84. The largest absolute Gasteiger partial charge is 0.382 e. The lowest BCUT2D eigenvalue weighted by molar-refractivity contribution is 1.06. The van der Waals surface area contributed by atoms with Crippen LogP contribution in [0.2, 0.25) is 0 Å². The first-order chi connectivity index (χ1) is 5.11. The van der Waals surface area contributed by atoms with Crippen LogP contribution >= 0.6 is 11.3 Å². The standard InChI is InChI=1S/C4H6N6S/c5-1(6)3-9-10-4(11-3)2(7)8/h(H3,5,6)(H3,7,8). The highest BCUT2D eigenvalue weighted by Gasteiger charge is 2.07. The molecular formula is C4H6N6S. The van der Waals surface area contributed by atoms with E-state index in [2.05, 4.69) is 10.2 Å². The molecule has 0 atom stereocenters. The topological polar surface area (TPSA) is 126 Å². The van der Waals surface area contributed by atoms with Crippen LogP contribution in [0, 0.1) is 10.8 Å². The van der Waals surface area contributed by atoms with Gasteiger partial charge in [-0.25, -0.2) is 0 Å². The molecule has 0 aliphatic carbocycles. The molecule has 0 bridgehead atoms. The predicted molar refractivity (Wildman–Crippen MR) is 41.9 cm³/mol. The summed E-state index contributed by atoms with van der Waals surface area (Å²) < 4.78 is 0. The normalized spacial score (nSPS) is 9.45. The molecule has 6 N–H and O–H groups in total. The van der Waals surface area contributed by atoms with E-state index in [1.165, 1.54) is 0 Å². The van der Waals surface area contributed by atoms with Crippen LogP contribution in [0.25, 0.3) is 0 Å². The number of nitrogen functional groups attached to an aromatic ring is 2. The van der Waals surface area contributed by atoms with E-state index in [9.17, 15) is 0 Å². The lowest BCUT2D eigenvalue weighted by atomic mass is 10.7. The lowest BCUT2D eigenvalue weighted by Crippen LogP contribution is -2.10. The Hall–Kier alpha value is -1.50. The zero-order valence-corrected chi connectivity index (χ0v) is 6.27. The van der Waals surface area contributed by atoms with Crippen LogP contribution in [0.4, 0.5) is 0 Å². The van der Waals surface area contributed by atoms with Crippen molar-refractivity contribution >= 4 is 23.0 Å². The number of nitrogens with zero attached hydrogens (tertiary/aromatic N) is 2. The Morgan fingerprint density at radius 2 is 1.45 bits per heavy atom. The highest BCUT2D eigenvalue weighted by molar-refractivity contribution is 7.15. The molecule has 0 radical (unpaired) electrons. The molecule has 58 valence electrons. The van der Waals surface area contributed by atoms with Gasteiger partial charge < -0.3 is 11.5 Å². The van der Waals surface area contributed by atoms with E-state index in [0.717, 1.165) is 11.3 Å². The molecule has 0 aliphatic rings. The van der Waals surface area contributed by atoms with Gasteiger partial charge in [0.2, 0.25) is 0 Å². The molecule has 0 unspecified atom stereocenters. The van der Waals surface area contributed by atoms with Gasteiger partial charge in [0.15, 0.2) is 21.7 Å². The third kappa shape index (κ3) is 1.49. The van der Waals surface area contributed by atoms with E-state index in [0.29, 0.717) is 0 Å². The molecule has 1 heterocycles. The minimum atomic E-state index is -0.157. The van der Waals surface area contributed by atoms with Crippen LogP contribution in [0.5, 0.6) is 0 Å². The molecule has 0 spiro atoms. The summed E-state index contributed by atoms with van der Waals surface area (Å²) in [6.45, 7) is 0. The molecule has 11 heavy (non-hydrogen) atoms. The zero-order valence-electron chi connectivity index (χ0n) is 5.46. The Balaban J connectivity index is 2.99. The Morgan fingerprint density at radius 3 is 1.64 bits per heavy atom. The van der Waals surface area contributed by atoms with Crippen molar-refractivity contribution in [3.05, 3.63) is 10.0 Å². The maximum Gasteiger partial charge on any atom is 0.182 e. The Morgan fingerprint density at radius 1 is 1.09 bits per heavy atom. The number of amidine groups is 2. The molecule has 1 aromatic heterocycles. The van der Waals surface area contributed by atoms with Gasteiger partial charge in [0.25, 0.3) is 0 Å². The quantitative estimate of drug-likeness (QED) is 0.339. The number of hydrogen-bond acceptors (Lipinski definition) is 5. The van der Waals surface area contributed by atoms with E-state index in [1.807, 2.05) is 0 Å². The average molecular weight is 170 g/mol. The first-order valence-corrected chi connectivity index (χ1v) is 3.45. The van der Waals surface area contributed by atoms with Gasteiger partial charge in [-0.1, -0.05) is 11.3 Å². The smallest absolute Gasteiger partial charge is 0.182 e. The zero-order chi connectivity index (χ0) is 8.43. The molecule has 0 saturated carbocycles. The maximum atomic E-state index is 6.96. The second-order valence-electron chi connectivity index (χ2n) is 1.74. The van der Waals surface area contributed by atoms with E-state index in [4.69, 9.17) is 22.3 Å². The van der Waals surface area contributed by atoms with Gasteiger partial charge in [-0.3, -0.25) is 10.8 Å². The van der Waals surface area contributed by atoms with Gasteiger partial charge in [0.1, 0.15) is 0 Å². The summed E-state index contributed by atoms with van der Waals surface area (Å²) in [7, 11) is 0. The Kier molecular flexibility index (Phi) is 1.81. The van der Waals surface area contributed by atoms with Crippen molar-refractivity contribution in [1.82, 2.24) is 10.2 Å². The predicted octanol–water partition coefficient (Wildman–Crippen LogP) is -0.894. The summed E-state index contributed by atoms with van der Waals surface area (Å²) in [6.07, 6.45) is 0. The molecule has 0 aromatic carbocycles. The highest BCUT2D eigenvalue weighted by Crippen LogP contribution is 2.06. The van der Waals surface area contributed by atoms with Crippen molar-refractivity contribution in [2.45, 2.75) is 0 Å². The molecule has 1 rings (SSSR count). The second-order valence-corrected chi connectivity index (χ2v) is 2.72. The summed E-state index contributed by atoms with van der Waals surface area (Å²) in [5.74, 6) is -0.315. The van der Waals surface area contributed by atoms with Crippen LogP contribution in [-0.2, 0) is 0 Å². The average Bonchev–Trinajstić information content (AvgIpc) is 2.33. The van der Waals surface area contributed by atoms with Crippen LogP contribution in [0.3, 0.4) is 0 Å². The minimum absolute atomic E-state index is 0.157. The number of aromatic nitrogens is 2. The number of rotatable bonds is 2. The minimum Gasteiger partial charge on any atom is -0.382 e. The van der Waals surface area contributed by atoms with Crippen molar-refractivity contribution in [1.29, 1.82) is 10.8 Å². The Labute approximate surface area is 66.3 Å². The summed E-state index contributed by atoms with van der Waals surface area (Å²) in [5.41, 5.74) is 10.2. The third-order valence-electron chi connectivity index (χ3n) is 0.886. The van der Waals surface area contributed by atoms with Gasteiger partial charge in [-0.15, -0.1) is 10.2 Å². The summed E-state index contributed by atoms with van der Waals surface area (Å²) >= 11 is 1.03. The third-order valence-corrected chi connectivity index (χ3v) is 1.88. The summed E-state index contributed by atoms with van der Waals surface area (Å²) in [6, 6.07) is 0. The molecule has 0 amide bonds. The van der Waals surface area contributed by atoms with Crippen LogP contribution in [0.15, 0.2) is 0 Å². The SMILES string of the molecule is N=C(N)c1nnc(C(=N)N)s1.